The Hall–Kier alpha value is -1.08. The second-order valence-corrected chi connectivity index (χ2v) is 3.16. The zero-order valence-electron chi connectivity index (χ0n) is 9.04. The monoisotopic (exact) mass is 198 g/mol. The van der Waals surface area contributed by atoms with Crippen molar-refractivity contribution in [3.05, 3.63) is 0 Å². The van der Waals surface area contributed by atoms with Crippen LogP contribution in [0.15, 0.2) is 0 Å². The topological polar surface area (TPSA) is 62.1 Å². The van der Waals surface area contributed by atoms with Gasteiger partial charge in [-0.05, 0) is 20.3 Å². The molecule has 80 valence electrons. The highest BCUT2D eigenvalue weighted by Gasteiger charge is 2.16. The van der Waals surface area contributed by atoms with Gasteiger partial charge in [-0.2, -0.15) is 5.26 Å². The van der Waals surface area contributed by atoms with Crippen molar-refractivity contribution in [1.29, 1.82) is 5.26 Å². The molecule has 0 aromatic carbocycles. The molecule has 0 fully saturated rings. The Kier molecular flexibility index (Phi) is 6.77. The number of nitrogens with zero attached hydrogens (tertiary/aromatic N) is 1. The van der Waals surface area contributed by atoms with E-state index >= 15 is 0 Å². The van der Waals surface area contributed by atoms with Crippen molar-refractivity contribution in [3.8, 4) is 6.07 Å². The summed E-state index contributed by atoms with van der Waals surface area (Å²) in [6.45, 7) is 6.71. The van der Waals surface area contributed by atoms with Crippen LogP contribution in [0.3, 0.4) is 0 Å². The van der Waals surface area contributed by atoms with Crippen LogP contribution in [0.25, 0.3) is 0 Å². The maximum atomic E-state index is 11.4. The van der Waals surface area contributed by atoms with Crippen LogP contribution >= 0.6 is 0 Å². The van der Waals surface area contributed by atoms with Crippen LogP contribution in [0.4, 0.5) is 0 Å². The Bertz CT molecular complexity index is 211. The molecular formula is C10H18N2O2. The largest absolute Gasteiger partial charge is 0.380 e. The first-order valence-electron chi connectivity index (χ1n) is 4.93. The molecule has 0 rings (SSSR count). The standard InChI is InChI=1S/C10H18N2O2/c1-4-9(6-11)10(13)12-8(3)7-14-5-2/h8-9H,4-5,7H2,1-3H3,(H,12,13). The second-order valence-electron chi connectivity index (χ2n) is 3.16. The highest BCUT2D eigenvalue weighted by Crippen LogP contribution is 2.00. The molecule has 0 heterocycles. The van der Waals surface area contributed by atoms with Crippen molar-refractivity contribution in [2.24, 2.45) is 5.92 Å². The van der Waals surface area contributed by atoms with Crippen molar-refractivity contribution in [1.82, 2.24) is 5.32 Å². The third kappa shape index (κ3) is 4.83. The zero-order valence-corrected chi connectivity index (χ0v) is 9.04. The van der Waals surface area contributed by atoms with Crippen molar-refractivity contribution in [2.75, 3.05) is 13.2 Å². The summed E-state index contributed by atoms with van der Waals surface area (Å²) in [5.41, 5.74) is 0. The number of nitriles is 1. The normalized spacial score (nSPS) is 14.1. The Morgan fingerprint density at radius 1 is 1.57 bits per heavy atom. The first-order valence-corrected chi connectivity index (χ1v) is 4.93. The van der Waals surface area contributed by atoms with Gasteiger partial charge in [0, 0.05) is 12.6 Å². The molecule has 1 N–H and O–H groups in total. The summed E-state index contributed by atoms with van der Waals surface area (Å²) in [6.07, 6.45) is 0.545. The Morgan fingerprint density at radius 2 is 2.21 bits per heavy atom. The van der Waals surface area contributed by atoms with Gasteiger partial charge in [-0.15, -0.1) is 0 Å². The Morgan fingerprint density at radius 3 is 2.64 bits per heavy atom. The molecule has 0 saturated carbocycles. The molecule has 4 heteroatoms. The summed E-state index contributed by atoms with van der Waals surface area (Å²) in [5.74, 6) is -0.749. The summed E-state index contributed by atoms with van der Waals surface area (Å²) in [4.78, 5) is 11.4. The van der Waals surface area contributed by atoms with Crippen LogP contribution < -0.4 is 5.32 Å². The van der Waals surface area contributed by atoms with E-state index in [2.05, 4.69) is 5.32 Å². The van der Waals surface area contributed by atoms with Gasteiger partial charge in [0.1, 0.15) is 5.92 Å². The first kappa shape index (κ1) is 12.9. The number of hydrogen-bond acceptors (Lipinski definition) is 3. The molecule has 4 nitrogen and oxygen atoms in total. The molecule has 0 aliphatic carbocycles. The molecule has 2 atom stereocenters. The van der Waals surface area contributed by atoms with Gasteiger partial charge in [0.25, 0.3) is 0 Å². The molecular weight excluding hydrogens is 180 g/mol. The number of rotatable bonds is 6. The van der Waals surface area contributed by atoms with E-state index in [1.165, 1.54) is 0 Å². The average Bonchev–Trinajstić information content (AvgIpc) is 2.16. The maximum absolute atomic E-state index is 11.4. The van der Waals surface area contributed by atoms with E-state index in [0.29, 0.717) is 19.6 Å². The van der Waals surface area contributed by atoms with Crippen molar-refractivity contribution in [3.63, 3.8) is 0 Å². The van der Waals surface area contributed by atoms with Crippen LogP contribution in [0.2, 0.25) is 0 Å². The fraction of sp³-hybridized carbons (Fsp3) is 0.800. The minimum Gasteiger partial charge on any atom is -0.380 e. The lowest BCUT2D eigenvalue weighted by atomic mass is 10.1. The van der Waals surface area contributed by atoms with Crippen molar-refractivity contribution in [2.45, 2.75) is 33.2 Å². The van der Waals surface area contributed by atoms with E-state index in [4.69, 9.17) is 10.00 Å². The number of carbonyl (C=O) groups excluding carboxylic acids is 1. The molecule has 1 amide bonds. The zero-order chi connectivity index (χ0) is 11.0. The Labute approximate surface area is 85.2 Å². The van der Waals surface area contributed by atoms with Gasteiger partial charge in [0.2, 0.25) is 5.91 Å². The van der Waals surface area contributed by atoms with E-state index < -0.39 is 5.92 Å². The fourth-order valence-corrected chi connectivity index (χ4v) is 1.02. The highest BCUT2D eigenvalue weighted by molar-refractivity contribution is 5.81. The van der Waals surface area contributed by atoms with E-state index in [9.17, 15) is 4.79 Å². The van der Waals surface area contributed by atoms with Crippen LogP contribution in [-0.4, -0.2) is 25.2 Å². The third-order valence-corrected chi connectivity index (χ3v) is 1.84. The van der Waals surface area contributed by atoms with Gasteiger partial charge in [0.15, 0.2) is 0 Å². The Balaban J connectivity index is 3.87. The highest BCUT2D eigenvalue weighted by atomic mass is 16.5. The molecule has 0 aromatic heterocycles. The molecule has 0 aromatic rings. The molecule has 0 aliphatic heterocycles. The molecule has 14 heavy (non-hydrogen) atoms. The van der Waals surface area contributed by atoms with Crippen LogP contribution in [0, 0.1) is 17.2 Å². The third-order valence-electron chi connectivity index (χ3n) is 1.84. The van der Waals surface area contributed by atoms with Crippen LogP contribution in [0.5, 0.6) is 0 Å². The van der Waals surface area contributed by atoms with E-state index in [0.717, 1.165) is 0 Å². The smallest absolute Gasteiger partial charge is 0.237 e. The summed E-state index contributed by atoms with van der Waals surface area (Å²) in [6, 6.07) is 1.92. The lowest BCUT2D eigenvalue weighted by Crippen LogP contribution is -2.39. The van der Waals surface area contributed by atoms with E-state index in [1.807, 2.05) is 26.8 Å². The van der Waals surface area contributed by atoms with Crippen LogP contribution in [-0.2, 0) is 9.53 Å². The molecule has 0 bridgehead atoms. The number of amides is 1. The lowest BCUT2D eigenvalue weighted by Gasteiger charge is -2.15. The van der Waals surface area contributed by atoms with Gasteiger partial charge in [0.05, 0.1) is 12.7 Å². The second kappa shape index (κ2) is 7.34. The summed E-state index contributed by atoms with van der Waals surface area (Å²) in [5, 5.41) is 11.4. The quantitative estimate of drug-likeness (QED) is 0.694. The molecule has 0 aliphatic rings. The summed E-state index contributed by atoms with van der Waals surface area (Å²) in [7, 11) is 0. The number of hydrogen-bond donors (Lipinski definition) is 1. The maximum Gasteiger partial charge on any atom is 0.237 e. The van der Waals surface area contributed by atoms with Crippen LogP contribution in [0.1, 0.15) is 27.2 Å². The van der Waals surface area contributed by atoms with Gasteiger partial charge in [-0.1, -0.05) is 6.92 Å². The first-order chi connectivity index (χ1) is 6.65. The van der Waals surface area contributed by atoms with Gasteiger partial charge < -0.3 is 10.1 Å². The molecule has 2 unspecified atom stereocenters. The van der Waals surface area contributed by atoms with Crippen molar-refractivity contribution < 1.29 is 9.53 Å². The summed E-state index contributed by atoms with van der Waals surface area (Å²) >= 11 is 0. The minimum atomic E-state index is -0.543. The van der Waals surface area contributed by atoms with E-state index in [1.54, 1.807) is 0 Å². The van der Waals surface area contributed by atoms with Gasteiger partial charge in [-0.25, -0.2) is 0 Å². The van der Waals surface area contributed by atoms with Gasteiger partial charge in [-0.3, -0.25) is 4.79 Å². The number of carbonyl (C=O) groups is 1. The average molecular weight is 198 g/mol. The predicted octanol–water partition coefficient (Wildman–Crippen LogP) is 1.08. The molecule has 0 saturated heterocycles. The lowest BCUT2D eigenvalue weighted by molar-refractivity contribution is -0.124. The summed E-state index contributed by atoms with van der Waals surface area (Å²) < 4.78 is 5.15. The number of ether oxygens (including phenoxy) is 1. The SMILES string of the molecule is CCOCC(C)NC(=O)C(C#N)CC. The van der Waals surface area contributed by atoms with Gasteiger partial charge >= 0.3 is 0 Å². The fourth-order valence-electron chi connectivity index (χ4n) is 1.02. The van der Waals surface area contributed by atoms with Crippen molar-refractivity contribution >= 4 is 5.91 Å². The molecule has 0 spiro atoms. The van der Waals surface area contributed by atoms with E-state index in [-0.39, 0.29) is 11.9 Å². The number of nitrogens with one attached hydrogen (secondary N) is 1. The predicted molar refractivity (Wildman–Crippen MR) is 53.5 cm³/mol. The minimum absolute atomic E-state index is 0.0372. The molecule has 0 radical (unpaired) electrons.